The molecule has 0 aromatic heterocycles. The molecule has 76 valence electrons. The lowest BCUT2D eigenvalue weighted by Gasteiger charge is -2.54. The summed E-state index contributed by atoms with van der Waals surface area (Å²) in [7, 11) is 0. The minimum atomic E-state index is 0.887. The van der Waals surface area contributed by atoms with E-state index in [1.165, 1.54) is 0 Å². The molecule has 4 bridgehead atoms. The van der Waals surface area contributed by atoms with Crippen molar-refractivity contribution in [2.75, 3.05) is 0 Å². The molecule has 0 heteroatoms. The van der Waals surface area contributed by atoms with Crippen LogP contribution in [0.4, 0.5) is 0 Å². The van der Waals surface area contributed by atoms with Gasteiger partial charge in [0.1, 0.15) is 0 Å². The molecular formula is C14H20. The lowest BCUT2D eigenvalue weighted by Crippen LogP contribution is -2.45. The Morgan fingerprint density at radius 1 is 0.929 bits per heavy atom. The van der Waals surface area contributed by atoms with Crippen molar-refractivity contribution in [3.63, 3.8) is 0 Å². The highest BCUT2D eigenvalue weighted by molar-refractivity contribution is 5.33. The van der Waals surface area contributed by atoms with Gasteiger partial charge in [0.05, 0.1) is 0 Å². The van der Waals surface area contributed by atoms with Gasteiger partial charge in [-0.1, -0.05) is 18.6 Å². The Bertz CT molecular complexity index is 271. The number of hydrogen-bond donors (Lipinski definition) is 0. The topological polar surface area (TPSA) is 0 Å². The quantitative estimate of drug-likeness (QED) is 0.551. The van der Waals surface area contributed by atoms with Gasteiger partial charge < -0.3 is 0 Å². The fraction of sp³-hybridized carbons (Fsp3) is 0.857. The summed E-state index contributed by atoms with van der Waals surface area (Å²) in [5, 5.41) is 0. The molecule has 0 spiro atoms. The van der Waals surface area contributed by atoms with Gasteiger partial charge in [0.25, 0.3) is 0 Å². The van der Waals surface area contributed by atoms with Crippen LogP contribution in [0.2, 0.25) is 0 Å². The van der Waals surface area contributed by atoms with E-state index >= 15 is 0 Å². The molecule has 0 aromatic carbocycles. The molecule has 0 amide bonds. The molecule has 0 heterocycles. The summed E-state index contributed by atoms with van der Waals surface area (Å²) in [4.78, 5) is 0. The zero-order chi connectivity index (χ0) is 9.28. The van der Waals surface area contributed by atoms with Crippen LogP contribution in [0.1, 0.15) is 39.0 Å². The monoisotopic (exact) mass is 188 g/mol. The Kier molecular flexibility index (Phi) is 1.40. The molecule has 5 aliphatic carbocycles. The molecule has 0 N–H and O–H groups in total. The van der Waals surface area contributed by atoms with E-state index < -0.39 is 0 Å². The zero-order valence-corrected chi connectivity index (χ0v) is 9.08. The maximum Gasteiger partial charge on any atom is -0.00455 e. The molecule has 0 saturated heterocycles. The van der Waals surface area contributed by atoms with E-state index in [1.807, 2.05) is 5.57 Å². The van der Waals surface area contributed by atoms with Crippen LogP contribution in [0, 0.1) is 35.5 Å². The number of rotatable bonds is 1. The summed E-state index contributed by atoms with van der Waals surface area (Å²) < 4.78 is 0. The van der Waals surface area contributed by atoms with Crippen LogP contribution in [0.15, 0.2) is 11.6 Å². The molecule has 4 fully saturated rings. The predicted octanol–water partition coefficient (Wildman–Crippen LogP) is 3.63. The second-order valence-electron chi connectivity index (χ2n) is 6.41. The maximum atomic E-state index is 2.53. The summed E-state index contributed by atoms with van der Waals surface area (Å²) in [5.41, 5.74) is 1.86. The smallest absolute Gasteiger partial charge is 0.00455 e. The molecule has 0 radical (unpaired) electrons. The third-order valence-corrected chi connectivity index (χ3v) is 5.47. The van der Waals surface area contributed by atoms with E-state index in [0.29, 0.717) is 0 Å². The molecule has 4 saturated carbocycles. The third-order valence-electron chi connectivity index (χ3n) is 5.47. The standard InChI is InChI=1S/C14H20/c1-8-2-13(8)14-11-4-9-3-10(6-11)7-12(14)5-9/h2,8-12,14H,3-7H2,1H3. The first-order chi connectivity index (χ1) is 6.81. The molecule has 0 aliphatic heterocycles. The van der Waals surface area contributed by atoms with Crippen LogP contribution in [0.25, 0.3) is 0 Å². The number of hydrogen-bond acceptors (Lipinski definition) is 0. The lowest BCUT2D eigenvalue weighted by atomic mass is 9.51. The second-order valence-corrected chi connectivity index (χ2v) is 6.41. The molecule has 0 nitrogen and oxygen atoms in total. The Hall–Kier alpha value is -0.260. The van der Waals surface area contributed by atoms with Gasteiger partial charge in [0.2, 0.25) is 0 Å². The van der Waals surface area contributed by atoms with Crippen LogP contribution in [0.5, 0.6) is 0 Å². The maximum absolute atomic E-state index is 2.53. The minimum Gasteiger partial charge on any atom is -0.0775 e. The van der Waals surface area contributed by atoms with Crippen molar-refractivity contribution in [1.29, 1.82) is 0 Å². The minimum absolute atomic E-state index is 0.887. The van der Waals surface area contributed by atoms with Gasteiger partial charge in [-0.05, 0) is 67.6 Å². The second kappa shape index (κ2) is 2.46. The van der Waals surface area contributed by atoms with Gasteiger partial charge in [-0.25, -0.2) is 0 Å². The van der Waals surface area contributed by atoms with Crippen molar-refractivity contribution < 1.29 is 0 Å². The van der Waals surface area contributed by atoms with Gasteiger partial charge in [0, 0.05) is 0 Å². The summed E-state index contributed by atoms with van der Waals surface area (Å²) in [5.74, 6) is 6.45. The van der Waals surface area contributed by atoms with Crippen molar-refractivity contribution in [1.82, 2.24) is 0 Å². The van der Waals surface area contributed by atoms with Crippen LogP contribution < -0.4 is 0 Å². The van der Waals surface area contributed by atoms with Gasteiger partial charge >= 0.3 is 0 Å². The first kappa shape index (κ1) is 7.96. The molecule has 0 aromatic rings. The highest BCUT2D eigenvalue weighted by Gasteiger charge is 2.51. The Labute approximate surface area is 86.8 Å². The van der Waals surface area contributed by atoms with Gasteiger partial charge in [0.15, 0.2) is 0 Å². The van der Waals surface area contributed by atoms with Crippen LogP contribution in [-0.2, 0) is 0 Å². The molecule has 14 heavy (non-hydrogen) atoms. The van der Waals surface area contributed by atoms with Crippen LogP contribution in [0.3, 0.4) is 0 Å². The fourth-order valence-electron chi connectivity index (χ4n) is 5.12. The van der Waals surface area contributed by atoms with Crippen molar-refractivity contribution >= 4 is 0 Å². The van der Waals surface area contributed by atoms with E-state index in [0.717, 1.165) is 35.5 Å². The molecular weight excluding hydrogens is 168 g/mol. The first-order valence-electron chi connectivity index (χ1n) is 6.53. The van der Waals surface area contributed by atoms with Crippen LogP contribution in [-0.4, -0.2) is 0 Å². The Morgan fingerprint density at radius 2 is 1.43 bits per heavy atom. The summed E-state index contributed by atoms with van der Waals surface area (Å²) in [6.45, 7) is 2.39. The summed E-state index contributed by atoms with van der Waals surface area (Å²) >= 11 is 0. The average molecular weight is 188 g/mol. The largest absolute Gasteiger partial charge is 0.0775 e. The van der Waals surface area contributed by atoms with Crippen molar-refractivity contribution in [2.24, 2.45) is 35.5 Å². The normalized spacial score (nSPS) is 58.8. The summed E-state index contributed by atoms with van der Waals surface area (Å²) in [6.07, 6.45) is 10.5. The molecule has 1 atom stereocenters. The SMILES string of the molecule is CC1C=C1C1C2CC3CC(C2)CC1C3. The van der Waals surface area contributed by atoms with Gasteiger partial charge in [-0.3, -0.25) is 0 Å². The Morgan fingerprint density at radius 3 is 1.86 bits per heavy atom. The van der Waals surface area contributed by atoms with Gasteiger partial charge in [-0.15, -0.1) is 0 Å². The van der Waals surface area contributed by atoms with E-state index in [1.54, 1.807) is 32.1 Å². The first-order valence-corrected chi connectivity index (χ1v) is 6.53. The Balaban J connectivity index is 1.65. The lowest BCUT2D eigenvalue weighted by molar-refractivity contribution is -0.0201. The van der Waals surface area contributed by atoms with E-state index in [9.17, 15) is 0 Å². The van der Waals surface area contributed by atoms with E-state index in [2.05, 4.69) is 13.0 Å². The van der Waals surface area contributed by atoms with Crippen molar-refractivity contribution in [3.8, 4) is 0 Å². The van der Waals surface area contributed by atoms with Gasteiger partial charge in [-0.2, -0.15) is 0 Å². The average Bonchev–Trinajstić information content (AvgIpc) is 2.80. The number of allylic oxidation sites excluding steroid dienone is 2. The molecule has 5 aliphatic rings. The fourth-order valence-corrected chi connectivity index (χ4v) is 5.12. The molecule has 5 rings (SSSR count). The highest BCUT2D eigenvalue weighted by atomic mass is 14.6. The van der Waals surface area contributed by atoms with Crippen molar-refractivity contribution in [3.05, 3.63) is 11.6 Å². The zero-order valence-electron chi connectivity index (χ0n) is 9.08. The molecule has 1 unspecified atom stereocenters. The van der Waals surface area contributed by atoms with E-state index in [-0.39, 0.29) is 0 Å². The summed E-state index contributed by atoms with van der Waals surface area (Å²) in [6, 6.07) is 0. The van der Waals surface area contributed by atoms with Crippen molar-refractivity contribution in [2.45, 2.75) is 39.0 Å². The third kappa shape index (κ3) is 0.951. The van der Waals surface area contributed by atoms with E-state index in [4.69, 9.17) is 0 Å². The predicted molar refractivity (Wildman–Crippen MR) is 57.8 cm³/mol. The highest BCUT2D eigenvalue weighted by Crippen LogP contribution is 2.61. The van der Waals surface area contributed by atoms with Crippen LogP contribution >= 0.6 is 0 Å².